The van der Waals surface area contributed by atoms with Gasteiger partial charge in [0.2, 0.25) is 0 Å². The minimum absolute atomic E-state index is 0.173. The number of thiophene rings is 1. The van der Waals surface area contributed by atoms with Gasteiger partial charge in [-0.25, -0.2) is 4.98 Å². The first-order chi connectivity index (χ1) is 10.7. The van der Waals surface area contributed by atoms with Crippen molar-refractivity contribution in [2.45, 2.75) is 12.8 Å². The molecule has 0 aliphatic carbocycles. The number of aryl methyl sites for hydroxylation is 1. The van der Waals surface area contributed by atoms with Crippen LogP contribution in [0.4, 0.5) is 0 Å². The quantitative estimate of drug-likeness (QED) is 0.864. The van der Waals surface area contributed by atoms with E-state index in [4.69, 9.17) is 0 Å². The van der Waals surface area contributed by atoms with Crippen molar-refractivity contribution >= 4 is 17.2 Å². The molecule has 1 saturated heterocycles. The Kier molecular flexibility index (Phi) is 4.90. The summed E-state index contributed by atoms with van der Waals surface area (Å²) in [5.74, 6) is 1.29. The normalized spacial score (nSPS) is 16.7. The summed E-state index contributed by atoms with van der Waals surface area (Å²) in [7, 11) is 2.03. The summed E-state index contributed by atoms with van der Waals surface area (Å²) in [4.78, 5) is 21.2. The highest BCUT2D eigenvalue weighted by molar-refractivity contribution is 7.08. The predicted molar refractivity (Wildman–Crippen MR) is 88.2 cm³/mol. The van der Waals surface area contributed by atoms with Crippen LogP contribution in [0.3, 0.4) is 0 Å². The Hall–Kier alpha value is -1.66. The Morgan fingerprint density at radius 2 is 2.23 bits per heavy atom. The van der Waals surface area contributed by atoms with Gasteiger partial charge in [-0.3, -0.25) is 4.79 Å². The Balaban J connectivity index is 1.51. The lowest BCUT2D eigenvalue weighted by atomic mass is 10.3. The van der Waals surface area contributed by atoms with Crippen LogP contribution in [0.15, 0.2) is 29.2 Å². The second-order valence-corrected chi connectivity index (χ2v) is 6.48. The number of rotatable bonds is 4. The van der Waals surface area contributed by atoms with E-state index in [1.54, 1.807) is 11.3 Å². The van der Waals surface area contributed by atoms with E-state index in [1.165, 1.54) is 0 Å². The van der Waals surface area contributed by atoms with Crippen molar-refractivity contribution in [3.8, 4) is 0 Å². The van der Waals surface area contributed by atoms with E-state index >= 15 is 0 Å². The van der Waals surface area contributed by atoms with E-state index < -0.39 is 0 Å². The fraction of sp³-hybridized carbons (Fsp3) is 0.500. The Labute approximate surface area is 135 Å². The second-order valence-electron chi connectivity index (χ2n) is 5.70. The maximum Gasteiger partial charge on any atom is 0.254 e. The van der Waals surface area contributed by atoms with E-state index in [-0.39, 0.29) is 5.91 Å². The maximum atomic E-state index is 12.4. The Bertz CT molecular complexity index is 607. The summed E-state index contributed by atoms with van der Waals surface area (Å²) in [6.07, 6.45) is 5.83. The molecule has 3 heterocycles. The SMILES string of the molecule is Cn1ccnc1CCN1CCCN(C(=O)c2ccsc2)CC1. The number of hydrogen-bond acceptors (Lipinski definition) is 4. The molecule has 0 aromatic carbocycles. The van der Waals surface area contributed by atoms with Gasteiger partial charge in [-0.2, -0.15) is 11.3 Å². The molecule has 0 spiro atoms. The predicted octanol–water partition coefficient (Wildman–Crippen LogP) is 1.87. The van der Waals surface area contributed by atoms with Gasteiger partial charge in [0.1, 0.15) is 5.82 Å². The molecule has 3 rings (SSSR count). The number of carbonyl (C=O) groups is 1. The van der Waals surface area contributed by atoms with Crippen molar-refractivity contribution in [3.05, 3.63) is 40.6 Å². The highest BCUT2D eigenvalue weighted by Gasteiger charge is 2.20. The zero-order chi connectivity index (χ0) is 15.4. The average Bonchev–Trinajstić information content (AvgIpc) is 3.13. The zero-order valence-corrected chi connectivity index (χ0v) is 13.8. The van der Waals surface area contributed by atoms with Crippen molar-refractivity contribution < 1.29 is 4.79 Å². The highest BCUT2D eigenvalue weighted by atomic mass is 32.1. The molecule has 0 atom stereocenters. The second kappa shape index (κ2) is 7.07. The van der Waals surface area contributed by atoms with Crippen LogP contribution in [0.25, 0.3) is 0 Å². The van der Waals surface area contributed by atoms with Crippen molar-refractivity contribution in [2.75, 3.05) is 32.7 Å². The summed E-state index contributed by atoms with van der Waals surface area (Å²) in [5.41, 5.74) is 0.825. The van der Waals surface area contributed by atoms with Crippen LogP contribution < -0.4 is 0 Å². The first-order valence-electron chi connectivity index (χ1n) is 7.74. The molecule has 2 aromatic heterocycles. The molecule has 0 saturated carbocycles. The van der Waals surface area contributed by atoms with Gasteiger partial charge in [-0.15, -0.1) is 0 Å². The lowest BCUT2D eigenvalue weighted by Gasteiger charge is -2.21. The minimum Gasteiger partial charge on any atom is -0.338 e. The number of hydrogen-bond donors (Lipinski definition) is 0. The van der Waals surface area contributed by atoms with Crippen LogP contribution in [0.2, 0.25) is 0 Å². The van der Waals surface area contributed by atoms with Crippen LogP contribution in [0, 0.1) is 0 Å². The molecule has 2 aromatic rings. The van der Waals surface area contributed by atoms with Gasteiger partial charge < -0.3 is 14.4 Å². The van der Waals surface area contributed by atoms with Crippen LogP contribution in [0.1, 0.15) is 22.6 Å². The molecule has 0 unspecified atom stereocenters. The highest BCUT2D eigenvalue weighted by Crippen LogP contribution is 2.12. The fourth-order valence-electron chi connectivity index (χ4n) is 2.86. The molecule has 22 heavy (non-hydrogen) atoms. The van der Waals surface area contributed by atoms with E-state index in [9.17, 15) is 4.79 Å². The molecule has 0 N–H and O–H groups in total. The van der Waals surface area contributed by atoms with Crippen molar-refractivity contribution in [2.24, 2.45) is 7.05 Å². The first kappa shape index (κ1) is 15.2. The van der Waals surface area contributed by atoms with Crippen molar-refractivity contribution in [3.63, 3.8) is 0 Å². The van der Waals surface area contributed by atoms with E-state index in [0.717, 1.165) is 57.0 Å². The molecule has 1 aliphatic heterocycles. The van der Waals surface area contributed by atoms with Crippen LogP contribution >= 0.6 is 11.3 Å². The molecule has 118 valence electrons. The van der Waals surface area contributed by atoms with Gasteiger partial charge in [-0.1, -0.05) is 0 Å². The third-order valence-electron chi connectivity index (χ3n) is 4.22. The molecule has 0 radical (unpaired) electrons. The molecular weight excluding hydrogens is 296 g/mol. The zero-order valence-electron chi connectivity index (χ0n) is 12.9. The van der Waals surface area contributed by atoms with Gasteiger partial charge in [0.15, 0.2) is 0 Å². The molecule has 1 aliphatic rings. The van der Waals surface area contributed by atoms with Gasteiger partial charge in [0.25, 0.3) is 5.91 Å². The summed E-state index contributed by atoms with van der Waals surface area (Å²) < 4.78 is 2.07. The molecule has 0 bridgehead atoms. The average molecular weight is 318 g/mol. The van der Waals surface area contributed by atoms with Crippen LogP contribution in [-0.2, 0) is 13.5 Å². The lowest BCUT2D eigenvalue weighted by molar-refractivity contribution is 0.0762. The molecule has 6 heteroatoms. The largest absolute Gasteiger partial charge is 0.338 e. The summed E-state index contributed by atoms with van der Waals surface area (Å²) in [5, 5.41) is 3.90. The standard InChI is InChI=1S/C16H22N4OS/c1-18-9-5-17-15(18)3-8-19-6-2-7-20(11-10-19)16(21)14-4-12-22-13-14/h4-5,9,12-13H,2-3,6-8,10-11H2,1H3. The summed E-state index contributed by atoms with van der Waals surface area (Å²) in [6.45, 7) is 4.67. The Morgan fingerprint density at radius 3 is 2.95 bits per heavy atom. The molecule has 1 amide bonds. The topological polar surface area (TPSA) is 41.4 Å². The third-order valence-corrected chi connectivity index (χ3v) is 4.90. The minimum atomic E-state index is 0.173. The van der Waals surface area contributed by atoms with Crippen LogP contribution in [0.5, 0.6) is 0 Å². The van der Waals surface area contributed by atoms with Gasteiger partial charge in [0.05, 0.1) is 5.56 Å². The maximum absolute atomic E-state index is 12.4. The smallest absolute Gasteiger partial charge is 0.254 e. The Morgan fingerprint density at radius 1 is 1.32 bits per heavy atom. The van der Waals surface area contributed by atoms with Gasteiger partial charge in [0, 0.05) is 57.4 Å². The lowest BCUT2D eigenvalue weighted by Crippen LogP contribution is -2.35. The molecular formula is C16H22N4OS. The number of amides is 1. The van der Waals surface area contributed by atoms with Gasteiger partial charge in [-0.05, 0) is 24.4 Å². The first-order valence-corrected chi connectivity index (χ1v) is 8.68. The van der Waals surface area contributed by atoms with E-state index in [0.29, 0.717) is 0 Å². The fourth-order valence-corrected chi connectivity index (χ4v) is 3.49. The number of nitrogens with zero attached hydrogens (tertiary/aromatic N) is 4. The van der Waals surface area contributed by atoms with E-state index in [2.05, 4.69) is 14.5 Å². The number of carbonyl (C=O) groups excluding carboxylic acids is 1. The van der Waals surface area contributed by atoms with E-state index in [1.807, 2.05) is 41.2 Å². The molecule has 1 fully saturated rings. The number of aromatic nitrogens is 2. The van der Waals surface area contributed by atoms with Crippen LogP contribution in [-0.4, -0.2) is 58.0 Å². The summed E-state index contributed by atoms with van der Waals surface area (Å²) >= 11 is 1.58. The van der Waals surface area contributed by atoms with Gasteiger partial charge >= 0.3 is 0 Å². The monoisotopic (exact) mass is 318 g/mol. The molecule has 5 nitrogen and oxygen atoms in total. The third kappa shape index (κ3) is 3.56. The van der Waals surface area contributed by atoms with Crippen molar-refractivity contribution in [1.82, 2.24) is 19.4 Å². The number of imidazole rings is 1. The van der Waals surface area contributed by atoms with Crippen molar-refractivity contribution in [1.29, 1.82) is 0 Å². The summed E-state index contributed by atoms with van der Waals surface area (Å²) in [6, 6.07) is 1.91.